The van der Waals surface area contributed by atoms with Crippen LogP contribution in [0.25, 0.3) is 0 Å². The van der Waals surface area contributed by atoms with Crippen molar-refractivity contribution < 1.29 is 9.90 Å². The van der Waals surface area contributed by atoms with Crippen LogP contribution in [0.15, 0.2) is 6.07 Å². The van der Waals surface area contributed by atoms with Crippen molar-refractivity contribution in [2.24, 2.45) is 13.0 Å². The van der Waals surface area contributed by atoms with Crippen molar-refractivity contribution in [2.45, 2.75) is 52.6 Å². The van der Waals surface area contributed by atoms with Gasteiger partial charge in [-0.25, -0.2) is 0 Å². The van der Waals surface area contributed by atoms with E-state index in [0.717, 1.165) is 5.69 Å². The van der Waals surface area contributed by atoms with E-state index < -0.39 is 0 Å². The van der Waals surface area contributed by atoms with Crippen molar-refractivity contribution in [3.8, 4) is 0 Å². The fourth-order valence-electron chi connectivity index (χ4n) is 1.80. The average molecular weight is 281 g/mol. The third-order valence-corrected chi connectivity index (χ3v) is 3.38. The van der Waals surface area contributed by atoms with Gasteiger partial charge in [0.25, 0.3) is 5.91 Å². The number of aliphatic hydroxyl groups excluding tert-OH is 1. The highest BCUT2D eigenvalue weighted by Crippen LogP contribution is 2.21. The SMILES string of the molecule is CC(C)C(O)CCNC(=O)c1cc(C(C)(C)C)nn1C. The molecule has 1 aromatic heterocycles. The number of hydrogen-bond acceptors (Lipinski definition) is 3. The number of aliphatic hydroxyl groups is 1. The number of carbonyl (C=O) groups excluding carboxylic acids is 1. The summed E-state index contributed by atoms with van der Waals surface area (Å²) in [7, 11) is 1.77. The third-order valence-electron chi connectivity index (χ3n) is 3.38. The number of amides is 1. The minimum absolute atomic E-state index is 0.0792. The zero-order valence-electron chi connectivity index (χ0n) is 13.4. The summed E-state index contributed by atoms with van der Waals surface area (Å²) in [6.07, 6.45) is 0.180. The first-order valence-corrected chi connectivity index (χ1v) is 7.13. The van der Waals surface area contributed by atoms with Gasteiger partial charge in [0, 0.05) is 19.0 Å². The van der Waals surface area contributed by atoms with Gasteiger partial charge in [-0.05, 0) is 18.4 Å². The molecule has 0 fully saturated rings. The standard InChI is InChI=1S/C15H27N3O2/c1-10(2)12(19)7-8-16-14(20)11-9-13(15(3,4)5)17-18(11)6/h9-10,12,19H,7-8H2,1-6H3,(H,16,20). The monoisotopic (exact) mass is 281 g/mol. The van der Waals surface area contributed by atoms with Crippen LogP contribution in [-0.2, 0) is 12.5 Å². The van der Waals surface area contributed by atoms with Crippen LogP contribution in [0.4, 0.5) is 0 Å². The molecule has 1 heterocycles. The number of aromatic nitrogens is 2. The average Bonchev–Trinajstić information content (AvgIpc) is 2.70. The molecule has 0 aliphatic heterocycles. The van der Waals surface area contributed by atoms with Gasteiger partial charge in [-0.3, -0.25) is 9.48 Å². The van der Waals surface area contributed by atoms with Gasteiger partial charge in [-0.1, -0.05) is 34.6 Å². The summed E-state index contributed by atoms with van der Waals surface area (Å²) in [6, 6.07) is 1.83. The van der Waals surface area contributed by atoms with Gasteiger partial charge in [0.15, 0.2) is 0 Å². The van der Waals surface area contributed by atoms with Gasteiger partial charge in [-0.2, -0.15) is 5.10 Å². The lowest BCUT2D eigenvalue weighted by atomic mass is 9.92. The first-order valence-electron chi connectivity index (χ1n) is 7.13. The molecular weight excluding hydrogens is 254 g/mol. The Balaban J connectivity index is 2.63. The third kappa shape index (κ3) is 4.34. The lowest BCUT2D eigenvalue weighted by Gasteiger charge is -2.14. The molecule has 1 atom stereocenters. The molecule has 2 N–H and O–H groups in total. The van der Waals surface area contributed by atoms with E-state index in [2.05, 4.69) is 31.2 Å². The number of nitrogens with one attached hydrogen (secondary N) is 1. The Kier molecular flexibility index (Phi) is 5.34. The number of hydrogen-bond donors (Lipinski definition) is 2. The van der Waals surface area contributed by atoms with Crippen molar-refractivity contribution in [2.75, 3.05) is 6.54 Å². The zero-order chi connectivity index (χ0) is 15.5. The second-order valence-corrected chi connectivity index (χ2v) is 6.64. The van der Waals surface area contributed by atoms with E-state index in [-0.39, 0.29) is 23.3 Å². The molecule has 114 valence electrons. The van der Waals surface area contributed by atoms with E-state index in [1.54, 1.807) is 11.7 Å². The highest BCUT2D eigenvalue weighted by Gasteiger charge is 2.21. The van der Waals surface area contributed by atoms with Crippen LogP contribution < -0.4 is 5.32 Å². The maximum atomic E-state index is 12.1. The molecule has 5 heteroatoms. The summed E-state index contributed by atoms with van der Waals surface area (Å²) in [4.78, 5) is 12.1. The molecule has 0 aromatic carbocycles. The molecule has 0 spiro atoms. The summed E-state index contributed by atoms with van der Waals surface area (Å²) in [5, 5.41) is 16.9. The van der Waals surface area contributed by atoms with E-state index in [4.69, 9.17) is 0 Å². The smallest absolute Gasteiger partial charge is 0.269 e. The van der Waals surface area contributed by atoms with Crippen LogP contribution in [0.5, 0.6) is 0 Å². The largest absolute Gasteiger partial charge is 0.393 e. The molecule has 1 rings (SSSR count). The summed E-state index contributed by atoms with van der Waals surface area (Å²) < 4.78 is 1.61. The molecule has 1 aromatic rings. The predicted molar refractivity (Wildman–Crippen MR) is 79.7 cm³/mol. The molecule has 1 amide bonds. The maximum absolute atomic E-state index is 12.1. The predicted octanol–water partition coefficient (Wildman–Crippen LogP) is 1.85. The minimum atomic E-state index is -0.382. The molecule has 5 nitrogen and oxygen atoms in total. The Bertz CT molecular complexity index is 458. The molecule has 20 heavy (non-hydrogen) atoms. The van der Waals surface area contributed by atoms with Gasteiger partial charge in [0.05, 0.1) is 11.8 Å². The van der Waals surface area contributed by atoms with Crippen molar-refractivity contribution in [1.82, 2.24) is 15.1 Å². The highest BCUT2D eigenvalue weighted by molar-refractivity contribution is 5.92. The van der Waals surface area contributed by atoms with Crippen LogP contribution in [0.3, 0.4) is 0 Å². The van der Waals surface area contributed by atoms with Crippen LogP contribution in [-0.4, -0.2) is 33.4 Å². The van der Waals surface area contributed by atoms with Crippen molar-refractivity contribution in [1.29, 1.82) is 0 Å². The summed E-state index contributed by atoms with van der Waals surface area (Å²) in [5.74, 6) is 0.0579. The Morgan fingerprint density at radius 2 is 2.05 bits per heavy atom. The van der Waals surface area contributed by atoms with Gasteiger partial charge in [0.1, 0.15) is 5.69 Å². The normalized spacial score (nSPS) is 13.6. The lowest BCUT2D eigenvalue weighted by Crippen LogP contribution is -2.30. The number of nitrogens with zero attached hydrogens (tertiary/aromatic N) is 2. The van der Waals surface area contributed by atoms with Gasteiger partial charge in [-0.15, -0.1) is 0 Å². The Morgan fingerprint density at radius 1 is 1.45 bits per heavy atom. The van der Waals surface area contributed by atoms with Gasteiger partial charge < -0.3 is 10.4 Å². The summed E-state index contributed by atoms with van der Waals surface area (Å²) in [6.45, 7) is 10.6. The van der Waals surface area contributed by atoms with Crippen LogP contribution in [0.2, 0.25) is 0 Å². The van der Waals surface area contributed by atoms with Crippen molar-refractivity contribution in [3.63, 3.8) is 0 Å². The molecular formula is C15H27N3O2. The molecule has 0 aliphatic carbocycles. The first kappa shape index (κ1) is 16.7. The Morgan fingerprint density at radius 3 is 2.50 bits per heavy atom. The van der Waals surface area contributed by atoms with Gasteiger partial charge in [0.2, 0.25) is 0 Å². The second-order valence-electron chi connectivity index (χ2n) is 6.64. The van der Waals surface area contributed by atoms with Gasteiger partial charge >= 0.3 is 0 Å². The summed E-state index contributed by atoms with van der Waals surface area (Å²) in [5.41, 5.74) is 1.37. The van der Waals surface area contributed by atoms with E-state index in [0.29, 0.717) is 18.7 Å². The number of aryl methyl sites for hydroxylation is 1. The molecule has 0 aliphatic rings. The lowest BCUT2D eigenvalue weighted by molar-refractivity contribution is 0.0911. The fraction of sp³-hybridized carbons (Fsp3) is 0.733. The number of carbonyl (C=O) groups is 1. The van der Waals surface area contributed by atoms with Crippen molar-refractivity contribution >= 4 is 5.91 Å². The fourth-order valence-corrected chi connectivity index (χ4v) is 1.80. The van der Waals surface area contributed by atoms with Crippen molar-refractivity contribution in [3.05, 3.63) is 17.5 Å². The quantitative estimate of drug-likeness (QED) is 0.865. The van der Waals surface area contributed by atoms with Crippen LogP contribution >= 0.6 is 0 Å². The Hall–Kier alpha value is -1.36. The number of rotatable bonds is 5. The highest BCUT2D eigenvalue weighted by atomic mass is 16.3. The zero-order valence-corrected chi connectivity index (χ0v) is 13.4. The maximum Gasteiger partial charge on any atom is 0.269 e. The van der Waals surface area contributed by atoms with E-state index in [1.165, 1.54) is 0 Å². The van der Waals surface area contributed by atoms with Crippen LogP contribution in [0.1, 0.15) is 57.2 Å². The Labute approximate surface area is 121 Å². The second kappa shape index (κ2) is 6.39. The molecule has 0 radical (unpaired) electrons. The molecule has 0 saturated heterocycles. The van der Waals surface area contributed by atoms with E-state index >= 15 is 0 Å². The molecule has 1 unspecified atom stereocenters. The first-order chi connectivity index (χ1) is 9.12. The molecule has 0 bridgehead atoms. The molecule has 0 saturated carbocycles. The minimum Gasteiger partial charge on any atom is -0.393 e. The van der Waals surface area contributed by atoms with E-state index in [1.807, 2.05) is 19.9 Å². The summed E-state index contributed by atoms with van der Waals surface area (Å²) >= 11 is 0. The topological polar surface area (TPSA) is 67.2 Å². The van der Waals surface area contributed by atoms with E-state index in [9.17, 15) is 9.90 Å². The van der Waals surface area contributed by atoms with Crippen LogP contribution in [0, 0.1) is 5.92 Å².